The molecule has 2 aromatic carbocycles. The minimum Gasteiger partial charge on any atom is -0.304 e. The number of rotatable bonds is 4. The highest BCUT2D eigenvalue weighted by Gasteiger charge is 2.13. The Bertz CT molecular complexity index is 581. The van der Waals surface area contributed by atoms with E-state index < -0.39 is 0 Å². The minimum atomic E-state index is 0.130. The fraction of sp³-hybridized carbons (Fsp3) is 0.250. The summed E-state index contributed by atoms with van der Waals surface area (Å²) in [6.45, 7) is 4.20. The molecule has 2 rings (SSSR count). The first kappa shape index (κ1) is 15.7. The number of hydrogen-bond donors (Lipinski definition) is 1. The zero-order valence-electron chi connectivity index (χ0n) is 11.3. The molecule has 0 heterocycles. The fourth-order valence-electron chi connectivity index (χ4n) is 2.17. The van der Waals surface area contributed by atoms with E-state index in [0.717, 1.165) is 10.6 Å². The van der Waals surface area contributed by atoms with E-state index in [1.54, 1.807) is 6.07 Å². The van der Waals surface area contributed by atoms with E-state index >= 15 is 0 Å². The predicted molar refractivity (Wildman–Crippen MR) is 87.9 cm³/mol. The Kier molecular flexibility index (Phi) is 5.34. The van der Waals surface area contributed by atoms with Gasteiger partial charge in [0, 0.05) is 27.2 Å². The molecule has 0 aromatic heterocycles. The maximum absolute atomic E-state index is 6.23. The second-order valence-electron chi connectivity index (χ2n) is 4.83. The molecule has 1 unspecified atom stereocenters. The van der Waals surface area contributed by atoms with Crippen molar-refractivity contribution < 1.29 is 0 Å². The van der Waals surface area contributed by atoms with Crippen LogP contribution in [0.1, 0.15) is 37.1 Å². The summed E-state index contributed by atoms with van der Waals surface area (Å²) in [5, 5.41) is 5.60. The van der Waals surface area contributed by atoms with Gasteiger partial charge in [-0.05, 0) is 49.2 Å². The van der Waals surface area contributed by atoms with Crippen molar-refractivity contribution in [3.05, 3.63) is 68.7 Å². The molecule has 106 valence electrons. The second kappa shape index (κ2) is 6.82. The van der Waals surface area contributed by atoms with Crippen molar-refractivity contribution in [2.75, 3.05) is 0 Å². The van der Waals surface area contributed by atoms with Gasteiger partial charge in [-0.15, -0.1) is 0 Å². The Labute approximate surface area is 134 Å². The Hall–Kier alpha value is -0.730. The van der Waals surface area contributed by atoms with Gasteiger partial charge in [0.2, 0.25) is 0 Å². The molecule has 0 spiro atoms. The van der Waals surface area contributed by atoms with Crippen LogP contribution in [0, 0.1) is 0 Å². The topological polar surface area (TPSA) is 12.0 Å². The van der Waals surface area contributed by atoms with Gasteiger partial charge in [0.15, 0.2) is 0 Å². The number of benzene rings is 2. The third-order valence-electron chi connectivity index (χ3n) is 3.30. The third kappa shape index (κ3) is 3.89. The lowest BCUT2D eigenvalue weighted by atomic mass is 10.0. The molecule has 0 saturated heterocycles. The Morgan fingerprint density at radius 2 is 1.40 bits per heavy atom. The molecule has 0 aliphatic rings. The number of halogens is 3. The standard InChI is InChI=1S/C16H16Cl3N/c1-10(12-3-5-13(17)6-4-12)20-11(2)15-8-7-14(18)9-16(15)19/h3-11,20H,1-2H3/t10-,11?/m1/s1. The Morgan fingerprint density at radius 3 is 2.00 bits per heavy atom. The van der Waals surface area contributed by atoms with Gasteiger partial charge in [-0.1, -0.05) is 53.0 Å². The summed E-state index contributed by atoms with van der Waals surface area (Å²) >= 11 is 18.1. The van der Waals surface area contributed by atoms with Crippen LogP contribution < -0.4 is 5.32 Å². The van der Waals surface area contributed by atoms with Crippen molar-refractivity contribution in [2.24, 2.45) is 0 Å². The molecule has 0 aliphatic carbocycles. The molecule has 0 amide bonds. The summed E-state index contributed by atoms with van der Waals surface area (Å²) in [6.07, 6.45) is 0. The van der Waals surface area contributed by atoms with Crippen LogP contribution in [-0.4, -0.2) is 0 Å². The van der Waals surface area contributed by atoms with Crippen LogP contribution in [0.15, 0.2) is 42.5 Å². The number of hydrogen-bond acceptors (Lipinski definition) is 1. The van der Waals surface area contributed by atoms with E-state index in [0.29, 0.717) is 10.0 Å². The first-order valence-corrected chi connectivity index (χ1v) is 7.57. The van der Waals surface area contributed by atoms with Crippen LogP contribution >= 0.6 is 34.8 Å². The van der Waals surface area contributed by atoms with Gasteiger partial charge in [-0.25, -0.2) is 0 Å². The molecule has 0 fully saturated rings. The zero-order chi connectivity index (χ0) is 14.7. The van der Waals surface area contributed by atoms with Crippen LogP contribution in [0.3, 0.4) is 0 Å². The van der Waals surface area contributed by atoms with Crippen molar-refractivity contribution in [2.45, 2.75) is 25.9 Å². The lowest BCUT2D eigenvalue weighted by Gasteiger charge is -2.21. The van der Waals surface area contributed by atoms with Crippen molar-refractivity contribution in [3.8, 4) is 0 Å². The summed E-state index contributed by atoms with van der Waals surface area (Å²) in [6, 6.07) is 13.8. The van der Waals surface area contributed by atoms with E-state index in [-0.39, 0.29) is 12.1 Å². The molecule has 20 heavy (non-hydrogen) atoms. The maximum atomic E-state index is 6.23. The van der Waals surface area contributed by atoms with Gasteiger partial charge < -0.3 is 5.32 Å². The Morgan fingerprint density at radius 1 is 0.800 bits per heavy atom. The van der Waals surface area contributed by atoms with Crippen molar-refractivity contribution in [1.29, 1.82) is 0 Å². The predicted octanol–water partition coefficient (Wildman–Crippen LogP) is 6.06. The summed E-state index contributed by atoms with van der Waals surface area (Å²) in [4.78, 5) is 0. The molecule has 2 atom stereocenters. The van der Waals surface area contributed by atoms with E-state index in [2.05, 4.69) is 19.2 Å². The average Bonchev–Trinajstić information content (AvgIpc) is 2.39. The molecule has 0 aliphatic heterocycles. The average molecular weight is 329 g/mol. The van der Waals surface area contributed by atoms with E-state index in [9.17, 15) is 0 Å². The zero-order valence-corrected chi connectivity index (χ0v) is 13.6. The molecular formula is C16H16Cl3N. The van der Waals surface area contributed by atoms with Gasteiger partial charge in [-0.2, -0.15) is 0 Å². The molecule has 2 aromatic rings. The van der Waals surface area contributed by atoms with Crippen LogP contribution in [0.2, 0.25) is 15.1 Å². The molecule has 0 bridgehead atoms. The highest BCUT2D eigenvalue weighted by molar-refractivity contribution is 6.35. The van der Waals surface area contributed by atoms with Crippen LogP contribution in [0.5, 0.6) is 0 Å². The number of nitrogens with one attached hydrogen (secondary N) is 1. The minimum absolute atomic E-state index is 0.130. The van der Waals surface area contributed by atoms with Crippen molar-refractivity contribution >= 4 is 34.8 Å². The lowest BCUT2D eigenvalue weighted by molar-refractivity contribution is 0.495. The molecule has 1 nitrogen and oxygen atoms in total. The normalized spacial score (nSPS) is 14.1. The van der Waals surface area contributed by atoms with Gasteiger partial charge in [0.05, 0.1) is 0 Å². The SMILES string of the molecule is CC(N[C@H](C)c1ccc(Cl)cc1)c1ccc(Cl)cc1Cl. The summed E-state index contributed by atoms with van der Waals surface area (Å²) in [5.41, 5.74) is 2.23. The van der Waals surface area contributed by atoms with Crippen molar-refractivity contribution in [3.63, 3.8) is 0 Å². The highest BCUT2D eigenvalue weighted by atomic mass is 35.5. The smallest absolute Gasteiger partial charge is 0.0468 e. The lowest BCUT2D eigenvalue weighted by Crippen LogP contribution is -2.22. The van der Waals surface area contributed by atoms with E-state index in [4.69, 9.17) is 34.8 Å². The maximum Gasteiger partial charge on any atom is 0.0468 e. The molecule has 0 saturated carbocycles. The van der Waals surface area contributed by atoms with Gasteiger partial charge >= 0.3 is 0 Å². The summed E-state index contributed by atoms with van der Waals surface area (Å²) in [5.74, 6) is 0. The van der Waals surface area contributed by atoms with E-state index in [1.807, 2.05) is 36.4 Å². The Balaban J connectivity index is 2.10. The monoisotopic (exact) mass is 327 g/mol. The first-order chi connectivity index (χ1) is 9.47. The first-order valence-electron chi connectivity index (χ1n) is 6.44. The second-order valence-corrected chi connectivity index (χ2v) is 6.11. The van der Waals surface area contributed by atoms with Crippen LogP contribution in [0.4, 0.5) is 0 Å². The van der Waals surface area contributed by atoms with Gasteiger partial charge in [0.25, 0.3) is 0 Å². The van der Waals surface area contributed by atoms with Crippen molar-refractivity contribution in [1.82, 2.24) is 5.32 Å². The van der Waals surface area contributed by atoms with E-state index in [1.165, 1.54) is 5.56 Å². The fourth-order valence-corrected chi connectivity index (χ4v) is 2.86. The van der Waals surface area contributed by atoms with Gasteiger partial charge in [0.1, 0.15) is 0 Å². The third-order valence-corrected chi connectivity index (χ3v) is 4.11. The van der Waals surface area contributed by atoms with Crippen LogP contribution in [0.25, 0.3) is 0 Å². The summed E-state index contributed by atoms with van der Waals surface area (Å²) < 4.78 is 0. The molecule has 0 radical (unpaired) electrons. The molecular weight excluding hydrogens is 313 g/mol. The van der Waals surface area contributed by atoms with Crippen LogP contribution in [-0.2, 0) is 0 Å². The molecule has 1 N–H and O–H groups in total. The largest absolute Gasteiger partial charge is 0.304 e. The molecule has 4 heteroatoms. The highest BCUT2D eigenvalue weighted by Crippen LogP contribution is 2.28. The van der Waals surface area contributed by atoms with Gasteiger partial charge in [-0.3, -0.25) is 0 Å². The quantitative estimate of drug-likeness (QED) is 0.719. The summed E-state index contributed by atoms with van der Waals surface area (Å²) in [7, 11) is 0.